The first-order valence-corrected chi connectivity index (χ1v) is 13.9. The molecule has 1 atom stereocenters. The molecule has 3 heterocycles. The molecule has 1 aliphatic carbocycles. The topological polar surface area (TPSA) is 69.7 Å². The van der Waals surface area contributed by atoms with Crippen LogP contribution in [-0.4, -0.2) is 24.8 Å². The van der Waals surface area contributed by atoms with Gasteiger partial charge >= 0.3 is 0 Å². The zero-order chi connectivity index (χ0) is 26.6. The molecule has 0 amide bonds. The molecule has 3 aromatic heterocycles. The van der Waals surface area contributed by atoms with E-state index in [9.17, 15) is 0 Å². The summed E-state index contributed by atoms with van der Waals surface area (Å²) in [7, 11) is 0. The van der Waals surface area contributed by atoms with E-state index in [0.29, 0.717) is 12.6 Å². The van der Waals surface area contributed by atoms with Crippen LogP contribution in [0.25, 0.3) is 11.0 Å². The fourth-order valence-corrected chi connectivity index (χ4v) is 5.64. The predicted octanol–water partition coefficient (Wildman–Crippen LogP) is 6.34. The van der Waals surface area contributed by atoms with E-state index in [1.165, 1.54) is 39.9 Å². The summed E-state index contributed by atoms with van der Waals surface area (Å²) in [6.07, 6.45) is 7.25. The van der Waals surface area contributed by atoms with E-state index >= 15 is 0 Å². The summed E-state index contributed by atoms with van der Waals surface area (Å²) < 4.78 is 0. The van der Waals surface area contributed by atoms with Crippen LogP contribution in [0.5, 0.6) is 0 Å². The molecule has 0 fully saturated rings. The molecule has 1 aliphatic rings. The molecule has 0 radical (unpaired) electrons. The number of imidazole rings is 1. The summed E-state index contributed by atoms with van der Waals surface area (Å²) in [6, 6.07) is 24.1. The highest BCUT2D eigenvalue weighted by Gasteiger charge is 2.27. The number of aromatic amines is 1. The minimum Gasteiger partial charge on any atom is -0.341 e. The van der Waals surface area contributed by atoms with Crippen molar-refractivity contribution in [1.82, 2.24) is 30.2 Å². The minimum absolute atomic E-state index is 0.301. The Hall–Kier alpha value is -3.87. The van der Waals surface area contributed by atoms with Gasteiger partial charge < -0.3 is 10.3 Å². The second-order valence-corrected chi connectivity index (χ2v) is 10.7. The number of hydrogen-bond donors (Lipinski definition) is 2. The molecule has 0 spiro atoms. The highest BCUT2D eigenvalue weighted by Crippen LogP contribution is 2.34. The normalized spacial score (nSPS) is 15.1. The summed E-state index contributed by atoms with van der Waals surface area (Å²) in [5.41, 5.74) is 11.0. The van der Waals surface area contributed by atoms with Gasteiger partial charge in [0.2, 0.25) is 0 Å². The molecule has 39 heavy (non-hydrogen) atoms. The van der Waals surface area contributed by atoms with Crippen LogP contribution in [0.4, 0.5) is 0 Å². The molecule has 2 aromatic carbocycles. The molecule has 6 nitrogen and oxygen atoms in total. The van der Waals surface area contributed by atoms with Crippen molar-refractivity contribution in [2.24, 2.45) is 0 Å². The number of aryl methyl sites for hydroxylation is 3. The van der Waals surface area contributed by atoms with Gasteiger partial charge in [-0.3, -0.25) is 14.9 Å². The minimum atomic E-state index is 0.301. The smallest absolute Gasteiger partial charge is 0.121 e. The molecule has 5 aromatic rings. The molecule has 198 valence electrons. The monoisotopic (exact) mass is 516 g/mol. The standard InChI is InChI=1S/C33H36N6/c1-23-17-29-30(18-24(23)2)38-32(37-29)20-34-19-25-11-13-26(14-12-25)21-39(22-28-9-3-4-15-35-28)31-10-5-7-27-8-6-16-36-33(27)31/h3-4,6,8-9,11-18,31,34H,5,7,10,19-22H2,1-2H3,(H,37,38). The van der Waals surface area contributed by atoms with Gasteiger partial charge in [0.1, 0.15) is 5.82 Å². The molecule has 0 saturated heterocycles. The third-order valence-corrected chi connectivity index (χ3v) is 7.87. The Kier molecular flexibility index (Phi) is 7.48. The van der Waals surface area contributed by atoms with Gasteiger partial charge in [0, 0.05) is 32.0 Å². The van der Waals surface area contributed by atoms with Crippen molar-refractivity contribution in [1.29, 1.82) is 0 Å². The molecule has 1 unspecified atom stereocenters. The third kappa shape index (κ3) is 5.92. The summed E-state index contributed by atoms with van der Waals surface area (Å²) in [6.45, 7) is 7.45. The van der Waals surface area contributed by atoms with E-state index in [4.69, 9.17) is 9.97 Å². The van der Waals surface area contributed by atoms with Crippen LogP contribution in [0, 0.1) is 13.8 Å². The van der Waals surface area contributed by atoms with E-state index in [1.54, 1.807) is 0 Å². The van der Waals surface area contributed by atoms with Gasteiger partial charge in [0.25, 0.3) is 0 Å². The number of rotatable bonds is 9. The molecular weight excluding hydrogens is 480 g/mol. The first-order valence-electron chi connectivity index (χ1n) is 13.9. The molecule has 2 N–H and O–H groups in total. The lowest BCUT2D eigenvalue weighted by atomic mass is 9.90. The molecule has 0 bridgehead atoms. The van der Waals surface area contributed by atoms with Crippen molar-refractivity contribution in [2.75, 3.05) is 0 Å². The van der Waals surface area contributed by atoms with Crippen LogP contribution in [0.15, 0.2) is 79.1 Å². The second kappa shape index (κ2) is 11.5. The Balaban J connectivity index is 1.12. The Morgan fingerprint density at radius 1 is 0.872 bits per heavy atom. The fourth-order valence-electron chi connectivity index (χ4n) is 5.64. The summed E-state index contributed by atoms with van der Waals surface area (Å²) in [5, 5.41) is 3.54. The Morgan fingerprint density at radius 2 is 1.69 bits per heavy atom. The first kappa shape index (κ1) is 25.4. The van der Waals surface area contributed by atoms with Crippen molar-refractivity contribution >= 4 is 11.0 Å². The number of nitrogens with one attached hydrogen (secondary N) is 2. The van der Waals surface area contributed by atoms with Crippen LogP contribution < -0.4 is 5.32 Å². The highest BCUT2D eigenvalue weighted by molar-refractivity contribution is 5.77. The van der Waals surface area contributed by atoms with Gasteiger partial charge in [0.15, 0.2) is 0 Å². The van der Waals surface area contributed by atoms with Crippen molar-refractivity contribution < 1.29 is 0 Å². The molecule has 0 aliphatic heterocycles. The number of hydrogen-bond acceptors (Lipinski definition) is 5. The number of benzene rings is 2. The number of nitrogens with zero attached hydrogens (tertiary/aromatic N) is 4. The lowest BCUT2D eigenvalue weighted by Gasteiger charge is -2.35. The van der Waals surface area contributed by atoms with Gasteiger partial charge in [-0.05, 0) is 91.3 Å². The van der Waals surface area contributed by atoms with Crippen molar-refractivity contribution in [3.63, 3.8) is 0 Å². The van der Waals surface area contributed by atoms with E-state index < -0.39 is 0 Å². The zero-order valence-electron chi connectivity index (χ0n) is 22.8. The summed E-state index contributed by atoms with van der Waals surface area (Å²) in [5.74, 6) is 0.971. The maximum atomic E-state index is 4.82. The number of aromatic nitrogens is 4. The lowest BCUT2D eigenvalue weighted by Crippen LogP contribution is -2.31. The molecule has 6 heteroatoms. The van der Waals surface area contributed by atoms with E-state index in [2.05, 4.69) is 94.7 Å². The summed E-state index contributed by atoms with van der Waals surface area (Å²) in [4.78, 5) is 20.2. The highest BCUT2D eigenvalue weighted by atomic mass is 15.2. The van der Waals surface area contributed by atoms with Crippen LogP contribution >= 0.6 is 0 Å². The maximum absolute atomic E-state index is 4.82. The van der Waals surface area contributed by atoms with E-state index in [1.807, 2.05) is 18.5 Å². The number of pyridine rings is 2. The van der Waals surface area contributed by atoms with Crippen molar-refractivity contribution in [3.8, 4) is 0 Å². The van der Waals surface area contributed by atoms with Gasteiger partial charge in [0.05, 0.1) is 35.0 Å². The molecular formula is C33H36N6. The van der Waals surface area contributed by atoms with E-state index in [-0.39, 0.29) is 0 Å². The lowest BCUT2D eigenvalue weighted by molar-refractivity contribution is 0.155. The average molecular weight is 517 g/mol. The Labute approximate surface area is 230 Å². The van der Waals surface area contributed by atoms with Crippen LogP contribution in [0.1, 0.15) is 63.9 Å². The van der Waals surface area contributed by atoms with Crippen LogP contribution in [0.3, 0.4) is 0 Å². The zero-order valence-corrected chi connectivity index (χ0v) is 22.8. The Morgan fingerprint density at radius 3 is 2.54 bits per heavy atom. The van der Waals surface area contributed by atoms with Gasteiger partial charge in [-0.15, -0.1) is 0 Å². The molecule has 6 rings (SSSR count). The van der Waals surface area contributed by atoms with Crippen LogP contribution in [-0.2, 0) is 32.6 Å². The number of fused-ring (bicyclic) bond motifs is 2. The third-order valence-electron chi connectivity index (χ3n) is 7.87. The van der Waals surface area contributed by atoms with Gasteiger partial charge in [-0.2, -0.15) is 0 Å². The van der Waals surface area contributed by atoms with Gasteiger partial charge in [-0.25, -0.2) is 4.98 Å². The average Bonchev–Trinajstić information content (AvgIpc) is 3.35. The van der Waals surface area contributed by atoms with E-state index in [0.717, 1.165) is 55.0 Å². The number of H-pyrrole nitrogens is 1. The SMILES string of the molecule is Cc1cc2nc(CNCc3ccc(CN(Cc4ccccn4)C4CCCc5cccnc54)cc3)[nH]c2cc1C. The summed E-state index contributed by atoms with van der Waals surface area (Å²) >= 11 is 0. The second-order valence-electron chi connectivity index (χ2n) is 10.7. The largest absolute Gasteiger partial charge is 0.341 e. The first-order chi connectivity index (χ1) is 19.1. The fraction of sp³-hybridized carbons (Fsp3) is 0.303. The predicted molar refractivity (Wildman–Crippen MR) is 156 cm³/mol. The molecule has 0 saturated carbocycles. The maximum Gasteiger partial charge on any atom is 0.121 e. The quantitative estimate of drug-likeness (QED) is 0.239. The van der Waals surface area contributed by atoms with Gasteiger partial charge in [-0.1, -0.05) is 36.4 Å². The Bertz CT molecular complexity index is 1500. The van der Waals surface area contributed by atoms with Crippen molar-refractivity contribution in [2.45, 2.75) is 65.3 Å². The van der Waals surface area contributed by atoms with Crippen LogP contribution in [0.2, 0.25) is 0 Å². The van der Waals surface area contributed by atoms with Crippen molar-refractivity contribution in [3.05, 3.63) is 124 Å².